The second kappa shape index (κ2) is 11.8. The quantitative estimate of drug-likeness (QED) is 0.380. The summed E-state index contributed by atoms with van der Waals surface area (Å²) in [6.07, 6.45) is 7.60. The summed E-state index contributed by atoms with van der Waals surface area (Å²) < 4.78 is 12.6. The van der Waals surface area contributed by atoms with Gasteiger partial charge in [0, 0.05) is 41.7 Å². The van der Waals surface area contributed by atoms with Crippen LogP contribution in [0.4, 0.5) is 0 Å². The van der Waals surface area contributed by atoms with Gasteiger partial charge in [-0.05, 0) is 76.8 Å². The minimum atomic E-state index is -0.500. The second-order valence-electron chi connectivity index (χ2n) is 11.0. The molecule has 1 aliphatic rings. The molecule has 0 atom stereocenters. The Morgan fingerprint density at radius 3 is 2.38 bits per heavy atom. The molecule has 1 fully saturated rings. The van der Waals surface area contributed by atoms with Crippen molar-refractivity contribution >= 4 is 5.97 Å². The number of rotatable bonds is 8. The van der Waals surface area contributed by atoms with E-state index in [9.17, 15) is 9.59 Å². The molecule has 7 nitrogen and oxygen atoms in total. The number of ether oxygens (including phenoxy) is 2. The Morgan fingerprint density at radius 2 is 1.70 bits per heavy atom. The van der Waals surface area contributed by atoms with Crippen LogP contribution in [0.15, 0.2) is 59.7 Å². The Hall–Kier alpha value is -3.32. The number of carbonyl (C=O) groups is 1. The van der Waals surface area contributed by atoms with Crippen LogP contribution in [0.1, 0.15) is 52.0 Å². The first-order valence-corrected chi connectivity index (χ1v) is 13.1. The molecule has 37 heavy (non-hydrogen) atoms. The number of benzene rings is 1. The van der Waals surface area contributed by atoms with Crippen LogP contribution in [0.3, 0.4) is 0 Å². The molecule has 7 heteroatoms. The van der Waals surface area contributed by atoms with Gasteiger partial charge in [-0.25, -0.2) is 9.48 Å². The highest BCUT2D eigenvalue weighted by molar-refractivity contribution is 5.80. The largest absolute Gasteiger partial charge is 0.458 e. The molecule has 0 aliphatic heterocycles. The van der Waals surface area contributed by atoms with Gasteiger partial charge in [0.1, 0.15) is 12.2 Å². The van der Waals surface area contributed by atoms with Crippen LogP contribution >= 0.6 is 0 Å². The first-order valence-electron chi connectivity index (χ1n) is 13.1. The first kappa shape index (κ1) is 26.7. The maximum atomic E-state index is 13.1. The predicted molar refractivity (Wildman–Crippen MR) is 144 cm³/mol. The highest BCUT2D eigenvalue weighted by Crippen LogP contribution is 2.32. The molecule has 0 radical (unpaired) electrons. The van der Waals surface area contributed by atoms with Crippen molar-refractivity contribution in [3.05, 3.63) is 70.8 Å². The van der Waals surface area contributed by atoms with Gasteiger partial charge >= 0.3 is 5.97 Å². The molecule has 1 aromatic carbocycles. The summed E-state index contributed by atoms with van der Waals surface area (Å²) in [4.78, 5) is 29.3. The number of aromatic nitrogens is 3. The molecule has 4 rings (SSSR count). The molecule has 0 N–H and O–H groups in total. The zero-order valence-electron chi connectivity index (χ0n) is 22.3. The standard InChI is InChI=1S/C30H37N3O4/c1-21-14-25(17-31-16-21)26-15-27(34)33(32-29(26)24-8-6-5-7-9-24)18-22-10-12-23(13-11-22)19-36-20-28(35)37-30(2,3)4/h5-9,14-17,22-23H,10-13,18-20H2,1-4H3. The number of pyridine rings is 1. The maximum Gasteiger partial charge on any atom is 0.332 e. The monoisotopic (exact) mass is 503 g/mol. The summed E-state index contributed by atoms with van der Waals surface area (Å²) in [7, 11) is 0. The van der Waals surface area contributed by atoms with Gasteiger partial charge in [0.25, 0.3) is 5.56 Å². The fraction of sp³-hybridized carbons (Fsp3) is 0.467. The van der Waals surface area contributed by atoms with Gasteiger partial charge < -0.3 is 9.47 Å². The van der Waals surface area contributed by atoms with E-state index in [2.05, 4.69) is 4.98 Å². The zero-order valence-corrected chi connectivity index (χ0v) is 22.3. The van der Waals surface area contributed by atoms with Crippen molar-refractivity contribution in [1.29, 1.82) is 0 Å². The van der Waals surface area contributed by atoms with Gasteiger partial charge in [0.15, 0.2) is 0 Å². The smallest absolute Gasteiger partial charge is 0.332 e. The van der Waals surface area contributed by atoms with Crippen LogP contribution < -0.4 is 5.56 Å². The van der Waals surface area contributed by atoms with E-state index in [0.717, 1.165) is 53.6 Å². The fourth-order valence-corrected chi connectivity index (χ4v) is 4.86. The van der Waals surface area contributed by atoms with Gasteiger partial charge in [0.05, 0.1) is 12.3 Å². The van der Waals surface area contributed by atoms with Crippen molar-refractivity contribution in [1.82, 2.24) is 14.8 Å². The lowest BCUT2D eigenvalue weighted by atomic mass is 9.82. The minimum absolute atomic E-state index is 0.0123. The van der Waals surface area contributed by atoms with Gasteiger partial charge in [-0.15, -0.1) is 0 Å². The highest BCUT2D eigenvalue weighted by atomic mass is 16.6. The van der Waals surface area contributed by atoms with E-state index >= 15 is 0 Å². The van der Waals surface area contributed by atoms with Gasteiger partial charge in [0.2, 0.25) is 0 Å². The van der Waals surface area contributed by atoms with Crippen LogP contribution in [0.2, 0.25) is 0 Å². The lowest BCUT2D eigenvalue weighted by Crippen LogP contribution is -2.30. The van der Waals surface area contributed by atoms with Gasteiger partial charge in [-0.2, -0.15) is 5.10 Å². The molecule has 0 saturated heterocycles. The summed E-state index contributed by atoms with van der Waals surface area (Å²) >= 11 is 0. The maximum absolute atomic E-state index is 13.1. The number of esters is 1. The Labute approximate surface area is 218 Å². The molecule has 3 aromatic rings. The van der Waals surface area contributed by atoms with Crippen molar-refractivity contribution in [3.63, 3.8) is 0 Å². The van der Waals surface area contributed by atoms with Crippen LogP contribution in [0, 0.1) is 18.8 Å². The Bertz CT molecular complexity index is 1260. The summed E-state index contributed by atoms with van der Waals surface area (Å²) in [6.45, 7) is 8.68. The number of nitrogens with zero attached hydrogens (tertiary/aromatic N) is 3. The average Bonchev–Trinajstić information content (AvgIpc) is 2.85. The summed E-state index contributed by atoms with van der Waals surface area (Å²) in [5.41, 5.74) is 3.89. The lowest BCUT2D eigenvalue weighted by molar-refractivity contribution is -0.160. The molecule has 2 heterocycles. The normalized spacial score (nSPS) is 17.9. The minimum Gasteiger partial charge on any atom is -0.458 e. The molecule has 0 spiro atoms. The van der Waals surface area contributed by atoms with Gasteiger partial charge in [-0.1, -0.05) is 30.3 Å². The predicted octanol–water partition coefficient (Wildman–Crippen LogP) is 5.45. The molecule has 196 valence electrons. The average molecular weight is 504 g/mol. The molecule has 1 aliphatic carbocycles. The third-order valence-corrected chi connectivity index (χ3v) is 6.62. The number of aryl methyl sites for hydroxylation is 1. The first-order chi connectivity index (χ1) is 17.7. The Morgan fingerprint density at radius 1 is 1.00 bits per heavy atom. The number of carbonyl (C=O) groups excluding carboxylic acids is 1. The SMILES string of the molecule is Cc1cncc(-c2cc(=O)n(CC3CCC(COCC(=O)OC(C)(C)C)CC3)nc2-c2ccccc2)c1. The van der Waals surface area contributed by atoms with Crippen molar-refractivity contribution in [2.45, 2.75) is 65.5 Å². The van der Waals surface area contributed by atoms with Crippen LogP contribution in [0.25, 0.3) is 22.4 Å². The fourth-order valence-electron chi connectivity index (χ4n) is 4.86. The molecular formula is C30H37N3O4. The molecule has 0 amide bonds. The molecule has 1 saturated carbocycles. The van der Waals surface area contributed by atoms with E-state index in [-0.39, 0.29) is 18.1 Å². The Balaban J connectivity index is 1.41. The molecular weight excluding hydrogens is 466 g/mol. The third kappa shape index (κ3) is 7.59. The van der Waals surface area contributed by atoms with Crippen molar-refractivity contribution < 1.29 is 14.3 Å². The van der Waals surface area contributed by atoms with E-state index in [1.807, 2.05) is 64.1 Å². The Kier molecular flexibility index (Phi) is 8.54. The number of hydrogen-bond donors (Lipinski definition) is 0. The van der Waals surface area contributed by atoms with Gasteiger partial charge in [-0.3, -0.25) is 9.78 Å². The van der Waals surface area contributed by atoms with E-state index in [1.54, 1.807) is 23.1 Å². The lowest BCUT2D eigenvalue weighted by Gasteiger charge is -2.28. The summed E-state index contributed by atoms with van der Waals surface area (Å²) in [5, 5.41) is 4.86. The molecule has 0 bridgehead atoms. The molecule has 2 aromatic heterocycles. The van der Waals surface area contributed by atoms with E-state index in [4.69, 9.17) is 14.6 Å². The van der Waals surface area contributed by atoms with E-state index in [0.29, 0.717) is 25.0 Å². The van der Waals surface area contributed by atoms with Crippen molar-refractivity contribution in [2.75, 3.05) is 13.2 Å². The van der Waals surface area contributed by atoms with E-state index < -0.39 is 5.60 Å². The highest BCUT2D eigenvalue weighted by Gasteiger charge is 2.24. The molecule has 0 unspecified atom stereocenters. The third-order valence-electron chi connectivity index (χ3n) is 6.62. The zero-order chi connectivity index (χ0) is 26.4. The summed E-state index contributed by atoms with van der Waals surface area (Å²) in [5.74, 6) is 0.465. The van der Waals surface area contributed by atoms with Crippen molar-refractivity contribution in [3.8, 4) is 22.4 Å². The number of hydrogen-bond acceptors (Lipinski definition) is 6. The summed E-state index contributed by atoms with van der Waals surface area (Å²) in [6, 6.07) is 13.7. The van der Waals surface area contributed by atoms with Crippen LogP contribution in [-0.4, -0.2) is 39.5 Å². The van der Waals surface area contributed by atoms with E-state index in [1.165, 1.54) is 0 Å². The van der Waals surface area contributed by atoms with Crippen molar-refractivity contribution in [2.24, 2.45) is 11.8 Å². The topological polar surface area (TPSA) is 83.3 Å². The van der Waals surface area contributed by atoms with Crippen LogP contribution in [0.5, 0.6) is 0 Å². The van der Waals surface area contributed by atoms with Crippen LogP contribution in [-0.2, 0) is 20.8 Å². The second-order valence-corrected chi connectivity index (χ2v) is 11.0.